The van der Waals surface area contributed by atoms with Crippen molar-refractivity contribution in [3.8, 4) is 0 Å². The van der Waals surface area contributed by atoms with Gasteiger partial charge in [0.25, 0.3) is 0 Å². The van der Waals surface area contributed by atoms with E-state index in [1.54, 1.807) is 0 Å². The van der Waals surface area contributed by atoms with Gasteiger partial charge in [0, 0.05) is 36.8 Å². The maximum absolute atomic E-state index is 5.42. The Labute approximate surface area is 172 Å². The molecule has 1 N–H and O–H groups in total. The van der Waals surface area contributed by atoms with Crippen molar-refractivity contribution in [1.82, 2.24) is 4.57 Å². The van der Waals surface area contributed by atoms with Crippen molar-refractivity contribution in [1.29, 1.82) is 0 Å². The number of hydrogen-bond donors (Lipinski definition) is 1. The van der Waals surface area contributed by atoms with Crippen LogP contribution < -0.4 is 10.1 Å². The zero-order valence-corrected chi connectivity index (χ0v) is 18.1. The predicted octanol–water partition coefficient (Wildman–Crippen LogP) is 5.17. The van der Waals surface area contributed by atoms with Gasteiger partial charge in [-0.15, -0.1) is 11.3 Å². The fourth-order valence-electron chi connectivity index (χ4n) is 6.33. The van der Waals surface area contributed by atoms with Crippen LogP contribution in [-0.4, -0.2) is 16.7 Å². The number of aryl methyl sites for hydroxylation is 1. The maximum Gasteiger partial charge on any atom is 0.185 e. The summed E-state index contributed by atoms with van der Waals surface area (Å²) in [6, 6.07) is 8.82. The molecular weight excluding hydrogens is 362 g/mol. The van der Waals surface area contributed by atoms with Gasteiger partial charge in [-0.05, 0) is 80.4 Å². The molecule has 0 spiro atoms. The van der Waals surface area contributed by atoms with E-state index < -0.39 is 0 Å². The number of nitrogens with one attached hydrogen (secondary N) is 1. The van der Waals surface area contributed by atoms with Gasteiger partial charge < -0.3 is 9.88 Å². The molecule has 1 heterocycles. The third kappa shape index (κ3) is 3.56. The quantitative estimate of drug-likeness (QED) is 0.718. The molecule has 4 heteroatoms. The lowest BCUT2D eigenvalue weighted by atomic mass is 9.53. The summed E-state index contributed by atoms with van der Waals surface area (Å²) in [7, 11) is 2.21. The fourth-order valence-corrected chi connectivity index (χ4v) is 7.37. The van der Waals surface area contributed by atoms with Crippen LogP contribution in [0.1, 0.15) is 56.7 Å². The number of nitrogens with zero attached hydrogens (tertiary/aromatic N) is 2. The van der Waals surface area contributed by atoms with Gasteiger partial charge in [0.2, 0.25) is 0 Å². The van der Waals surface area contributed by atoms with Gasteiger partial charge in [-0.3, -0.25) is 4.99 Å². The highest BCUT2D eigenvalue weighted by Crippen LogP contribution is 2.57. The van der Waals surface area contributed by atoms with Crippen molar-refractivity contribution >= 4 is 17.0 Å². The minimum Gasteiger partial charge on any atom is -0.385 e. The molecule has 4 saturated carbocycles. The number of anilines is 1. The SMILES string of the molecule is CCc1ccc(NCCc2csc(=NC34CC5CC(CC(C5)C3)C4)n2C)cc1. The van der Waals surface area contributed by atoms with E-state index in [1.807, 2.05) is 11.3 Å². The smallest absolute Gasteiger partial charge is 0.185 e. The second kappa shape index (κ2) is 7.37. The van der Waals surface area contributed by atoms with Crippen LogP contribution in [-0.2, 0) is 19.9 Å². The summed E-state index contributed by atoms with van der Waals surface area (Å²) in [5.74, 6) is 2.88. The molecule has 150 valence electrons. The standard InChI is InChI=1S/C24H33N3S/c1-3-17-4-6-21(7-5-17)25-9-8-22-16-28-23(27(22)2)26-24-13-18-10-19(14-24)12-20(11-18)15-24/h4-7,16,18-20,25H,3,8-15H2,1-2H3. The summed E-state index contributed by atoms with van der Waals surface area (Å²) in [6.45, 7) is 3.16. The highest BCUT2D eigenvalue weighted by Gasteiger charge is 2.51. The minimum atomic E-state index is 0.272. The number of benzene rings is 1. The molecule has 0 atom stereocenters. The van der Waals surface area contributed by atoms with E-state index in [-0.39, 0.29) is 5.54 Å². The third-order valence-corrected chi connectivity index (χ3v) is 8.40. The molecule has 0 aliphatic heterocycles. The van der Waals surface area contributed by atoms with E-state index in [2.05, 4.69) is 53.5 Å². The van der Waals surface area contributed by atoms with E-state index in [0.717, 1.165) is 37.1 Å². The Morgan fingerprint density at radius 1 is 1.07 bits per heavy atom. The molecule has 3 nitrogen and oxygen atoms in total. The summed E-state index contributed by atoms with van der Waals surface area (Å²) in [6.07, 6.45) is 10.6. The predicted molar refractivity (Wildman–Crippen MR) is 118 cm³/mol. The van der Waals surface area contributed by atoms with Gasteiger partial charge in [-0.1, -0.05) is 19.1 Å². The van der Waals surface area contributed by atoms with E-state index in [4.69, 9.17) is 4.99 Å². The Bertz CT molecular complexity index is 854. The molecule has 4 bridgehead atoms. The first-order valence-electron chi connectivity index (χ1n) is 11.1. The van der Waals surface area contributed by atoms with Crippen LogP contribution in [0.2, 0.25) is 0 Å². The molecule has 0 saturated heterocycles. The van der Waals surface area contributed by atoms with Crippen LogP contribution in [0.3, 0.4) is 0 Å². The van der Waals surface area contributed by atoms with Crippen molar-refractivity contribution in [2.75, 3.05) is 11.9 Å². The Morgan fingerprint density at radius 3 is 2.32 bits per heavy atom. The zero-order valence-electron chi connectivity index (χ0n) is 17.3. The Hall–Kier alpha value is -1.55. The topological polar surface area (TPSA) is 29.3 Å². The maximum atomic E-state index is 5.42. The van der Waals surface area contributed by atoms with E-state index >= 15 is 0 Å². The van der Waals surface area contributed by atoms with Crippen LogP contribution in [0.25, 0.3) is 0 Å². The summed E-state index contributed by atoms with van der Waals surface area (Å²) in [5, 5.41) is 5.89. The molecule has 6 rings (SSSR count). The molecule has 0 radical (unpaired) electrons. The van der Waals surface area contributed by atoms with Gasteiger partial charge >= 0.3 is 0 Å². The van der Waals surface area contributed by atoms with Crippen LogP contribution in [0.15, 0.2) is 34.6 Å². The zero-order chi connectivity index (χ0) is 19.1. The van der Waals surface area contributed by atoms with E-state index in [1.165, 1.54) is 60.3 Å². The fraction of sp³-hybridized carbons (Fsp3) is 0.625. The first-order chi connectivity index (χ1) is 13.6. The number of rotatable bonds is 6. The Morgan fingerprint density at radius 2 is 1.71 bits per heavy atom. The van der Waals surface area contributed by atoms with Crippen molar-refractivity contribution in [3.05, 3.63) is 45.7 Å². The second-order valence-corrected chi connectivity index (χ2v) is 10.4. The lowest BCUT2D eigenvalue weighted by Gasteiger charge is -2.54. The first-order valence-corrected chi connectivity index (χ1v) is 12.0. The molecule has 1 aromatic carbocycles. The molecule has 4 aliphatic rings. The van der Waals surface area contributed by atoms with Crippen molar-refractivity contribution < 1.29 is 0 Å². The molecule has 1 aromatic heterocycles. The molecule has 4 fully saturated rings. The van der Waals surface area contributed by atoms with E-state index in [0.29, 0.717) is 0 Å². The lowest BCUT2D eigenvalue weighted by molar-refractivity contribution is -0.000362. The summed E-state index contributed by atoms with van der Waals surface area (Å²) >= 11 is 1.84. The second-order valence-electron chi connectivity index (χ2n) is 9.55. The van der Waals surface area contributed by atoms with Crippen LogP contribution >= 0.6 is 11.3 Å². The average molecular weight is 396 g/mol. The summed E-state index contributed by atoms with van der Waals surface area (Å²) < 4.78 is 2.35. The molecule has 4 aliphatic carbocycles. The Balaban J connectivity index is 1.26. The molecule has 0 amide bonds. The van der Waals surface area contributed by atoms with Gasteiger partial charge in [0.1, 0.15) is 0 Å². The lowest BCUT2D eigenvalue weighted by Crippen LogP contribution is -2.50. The number of hydrogen-bond acceptors (Lipinski definition) is 3. The van der Waals surface area contributed by atoms with Crippen molar-refractivity contribution in [2.45, 2.75) is 63.8 Å². The van der Waals surface area contributed by atoms with Gasteiger partial charge in [0.15, 0.2) is 4.80 Å². The van der Waals surface area contributed by atoms with Crippen LogP contribution in [0, 0.1) is 17.8 Å². The highest BCUT2D eigenvalue weighted by molar-refractivity contribution is 7.07. The normalized spacial score (nSPS) is 31.5. The number of aromatic nitrogens is 1. The molecular formula is C24H33N3S. The average Bonchev–Trinajstić information content (AvgIpc) is 3.00. The van der Waals surface area contributed by atoms with Gasteiger partial charge in [-0.25, -0.2) is 0 Å². The molecule has 0 unspecified atom stereocenters. The van der Waals surface area contributed by atoms with Gasteiger partial charge in [-0.2, -0.15) is 0 Å². The number of thiazole rings is 1. The van der Waals surface area contributed by atoms with Crippen molar-refractivity contribution in [2.24, 2.45) is 29.8 Å². The molecule has 2 aromatic rings. The third-order valence-electron chi connectivity index (χ3n) is 7.43. The van der Waals surface area contributed by atoms with Crippen LogP contribution in [0.5, 0.6) is 0 Å². The largest absolute Gasteiger partial charge is 0.385 e. The summed E-state index contributed by atoms with van der Waals surface area (Å²) in [4.78, 5) is 6.66. The minimum absolute atomic E-state index is 0.272. The summed E-state index contributed by atoms with van der Waals surface area (Å²) in [5.41, 5.74) is 4.28. The van der Waals surface area contributed by atoms with Crippen molar-refractivity contribution in [3.63, 3.8) is 0 Å². The van der Waals surface area contributed by atoms with Gasteiger partial charge in [0.05, 0.1) is 5.54 Å². The monoisotopic (exact) mass is 395 g/mol. The van der Waals surface area contributed by atoms with E-state index in [9.17, 15) is 0 Å². The molecule has 28 heavy (non-hydrogen) atoms. The Kier molecular flexibility index (Phi) is 4.86. The highest BCUT2D eigenvalue weighted by atomic mass is 32.1. The van der Waals surface area contributed by atoms with Crippen LogP contribution in [0.4, 0.5) is 5.69 Å². The first kappa shape index (κ1) is 18.5.